The van der Waals surface area contributed by atoms with Gasteiger partial charge in [-0.25, -0.2) is 9.78 Å². The number of fused-ring (bicyclic) bond motifs is 1. The molecule has 2 aromatic rings. The lowest BCUT2D eigenvalue weighted by Crippen LogP contribution is -2.46. The summed E-state index contributed by atoms with van der Waals surface area (Å²) in [7, 11) is 1.33. The first kappa shape index (κ1) is 34.5. The zero-order valence-corrected chi connectivity index (χ0v) is 28.0. The topological polar surface area (TPSA) is 104 Å². The van der Waals surface area contributed by atoms with Crippen molar-refractivity contribution in [2.75, 3.05) is 20.3 Å². The molecule has 3 fully saturated rings. The van der Waals surface area contributed by atoms with E-state index in [0.717, 1.165) is 74.3 Å². The molecule has 2 heterocycles. The Morgan fingerprint density at radius 2 is 1.85 bits per heavy atom. The Kier molecular flexibility index (Phi) is 11.9. The molecule has 9 nitrogen and oxygen atoms in total. The van der Waals surface area contributed by atoms with Crippen LogP contribution in [0.5, 0.6) is 11.6 Å². The number of ether oxygens (including phenoxy) is 4. The van der Waals surface area contributed by atoms with E-state index in [1.165, 1.54) is 7.11 Å². The van der Waals surface area contributed by atoms with Gasteiger partial charge in [0.25, 0.3) is 0 Å². The van der Waals surface area contributed by atoms with Gasteiger partial charge in [0, 0.05) is 11.8 Å². The van der Waals surface area contributed by atoms with Crippen LogP contribution in [0.15, 0.2) is 49.6 Å². The van der Waals surface area contributed by atoms with Gasteiger partial charge < -0.3 is 23.8 Å². The molecule has 0 unspecified atom stereocenters. The van der Waals surface area contributed by atoms with E-state index in [1.54, 1.807) is 11.0 Å². The molecule has 1 amide bonds. The van der Waals surface area contributed by atoms with Gasteiger partial charge in [-0.2, -0.15) is 0 Å². The van der Waals surface area contributed by atoms with Crippen LogP contribution in [0.1, 0.15) is 83.1 Å². The highest BCUT2D eigenvalue weighted by atomic mass is 16.5. The number of benzene rings is 1. The Labute approximate surface area is 278 Å². The van der Waals surface area contributed by atoms with Gasteiger partial charge in [0.05, 0.1) is 43.7 Å². The minimum absolute atomic E-state index is 0.0114. The number of nitrogens with zero attached hydrogens (tertiary/aromatic N) is 2. The van der Waals surface area contributed by atoms with Crippen LogP contribution in [0.2, 0.25) is 0 Å². The van der Waals surface area contributed by atoms with Crippen molar-refractivity contribution in [2.24, 2.45) is 17.8 Å². The maximum atomic E-state index is 14.4. The summed E-state index contributed by atoms with van der Waals surface area (Å²) in [5.41, 5.74) is 1.49. The summed E-state index contributed by atoms with van der Waals surface area (Å²) in [5, 5.41) is 0.880. The number of carbonyl (C=O) groups is 3. The molecule has 254 valence electrons. The number of para-hydroxylation sites is 1. The Balaban J connectivity index is 1.37. The molecule has 9 heteroatoms. The van der Waals surface area contributed by atoms with Crippen LogP contribution in [0.4, 0.5) is 0 Å². The van der Waals surface area contributed by atoms with Crippen molar-refractivity contribution in [3.05, 3.63) is 55.1 Å². The quantitative estimate of drug-likeness (QED) is 0.155. The molecule has 0 spiro atoms. The van der Waals surface area contributed by atoms with Gasteiger partial charge in [0.1, 0.15) is 24.0 Å². The number of carbonyl (C=O) groups excluding carboxylic acids is 3. The molecule has 1 aromatic heterocycles. The number of allylic oxidation sites excluding steroid dienone is 2. The predicted molar refractivity (Wildman–Crippen MR) is 180 cm³/mol. The Morgan fingerprint density at radius 3 is 2.57 bits per heavy atom. The fraction of sp³-hybridized carbons (Fsp3) is 0.579. The summed E-state index contributed by atoms with van der Waals surface area (Å²) in [5.74, 6) is -0.127. The van der Waals surface area contributed by atoms with Crippen LogP contribution >= 0.6 is 0 Å². The molecule has 2 aliphatic carbocycles. The highest BCUT2D eigenvalue weighted by molar-refractivity contribution is 5.89. The molecule has 2 saturated carbocycles. The summed E-state index contributed by atoms with van der Waals surface area (Å²) >= 11 is 0. The van der Waals surface area contributed by atoms with Crippen molar-refractivity contribution in [3.63, 3.8) is 0 Å². The fourth-order valence-corrected chi connectivity index (χ4v) is 7.82. The molecular formula is C38H50N2O7. The predicted octanol–water partition coefficient (Wildman–Crippen LogP) is 6.76. The molecule has 5 rings (SSSR count). The van der Waals surface area contributed by atoms with Crippen molar-refractivity contribution in [1.82, 2.24) is 9.88 Å². The van der Waals surface area contributed by atoms with E-state index in [-0.39, 0.29) is 43.3 Å². The monoisotopic (exact) mass is 646 g/mol. The lowest BCUT2D eigenvalue weighted by Gasteiger charge is -2.30. The molecule has 0 bridgehead atoms. The highest BCUT2D eigenvalue weighted by Crippen LogP contribution is 2.40. The molecule has 1 aromatic carbocycles. The molecule has 3 aliphatic rings. The first-order chi connectivity index (χ1) is 22.9. The third-order valence-electron chi connectivity index (χ3n) is 10.1. The molecule has 1 saturated heterocycles. The number of hydrogen-bond donors (Lipinski definition) is 0. The number of esters is 2. The summed E-state index contributed by atoms with van der Waals surface area (Å²) in [6, 6.07) is 6.90. The second-order valence-corrected chi connectivity index (χ2v) is 13.1. The van der Waals surface area contributed by atoms with Crippen molar-refractivity contribution in [2.45, 2.75) is 102 Å². The number of amides is 1. The van der Waals surface area contributed by atoms with Crippen molar-refractivity contribution in [1.29, 1.82) is 0 Å². The second kappa shape index (κ2) is 16.3. The van der Waals surface area contributed by atoms with Crippen LogP contribution in [-0.4, -0.2) is 66.2 Å². The van der Waals surface area contributed by atoms with Crippen molar-refractivity contribution < 1.29 is 33.3 Å². The van der Waals surface area contributed by atoms with Crippen molar-refractivity contribution in [3.8, 4) is 11.6 Å². The summed E-state index contributed by atoms with van der Waals surface area (Å²) < 4.78 is 23.8. The van der Waals surface area contributed by atoms with E-state index in [2.05, 4.69) is 13.2 Å². The minimum Gasteiger partial charge on any atom is -0.493 e. The Bertz CT molecular complexity index is 1430. The van der Waals surface area contributed by atoms with E-state index in [0.29, 0.717) is 30.6 Å². The van der Waals surface area contributed by atoms with Gasteiger partial charge in [0.2, 0.25) is 11.8 Å². The summed E-state index contributed by atoms with van der Waals surface area (Å²) in [6.45, 7) is 10.3. The summed E-state index contributed by atoms with van der Waals surface area (Å²) in [6.07, 6.45) is 12.3. The Morgan fingerprint density at radius 1 is 1.06 bits per heavy atom. The average molecular weight is 647 g/mol. The number of pyridine rings is 1. The average Bonchev–Trinajstić information content (AvgIpc) is 3.86. The van der Waals surface area contributed by atoms with Gasteiger partial charge in [0.15, 0.2) is 0 Å². The number of rotatable bonds is 15. The zero-order chi connectivity index (χ0) is 33.3. The smallest absolute Gasteiger partial charge is 0.328 e. The molecular weight excluding hydrogens is 596 g/mol. The van der Waals surface area contributed by atoms with E-state index in [1.807, 2.05) is 37.3 Å². The lowest BCUT2D eigenvalue weighted by molar-refractivity contribution is -0.158. The number of aromatic nitrogens is 1. The third-order valence-corrected chi connectivity index (χ3v) is 10.1. The van der Waals surface area contributed by atoms with E-state index in [4.69, 9.17) is 23.9 Å². The largest absolute Gasteiger partial charge is 0.493 e. The first-order valence-electron chi connectivity index (χ1n) is 17.4. The minimum atomic E-state index is -0.829. The maximum Gasteiger partial charge on any atom is 0.328 e. The lowest BCUT2D eigenvalue weighted by atomic mass is 9.86. The number of hydrogen-bond acceptors (Lipinski definition) is 8. The first-order valence-corrected chi connectivity index (χ1v) is 17.4. The van der Waals surface area contributed by atoms with Crippen molar-refractivity contribution >= 4 is 28.7 Å². The molecule has 5 atom stereocenters. The number of methoxy groups -OCH3 is 1. The molecule has 0 N–H and O–H groups in total. The van der Waals surface area contributed by atoms with E-state index >= 15 is 0 Å². The van der Waals surface area contributed by atoms with Crippen LogP contribution in [0.25, 0.3) is 10.9 Å². The Hall–Kier alpha value is -3.88. The van der Waals surface area contributed by atoms with Gasteiger partial charge >= 0.3 is 11.9 Å². The van der Waals surface area contributed by atoms with Crippen LogP contribution in [0, 0.1) is 17.8 Å². The maximum absolute atomic E-state index is 14.4. The van der Waals surface area contributed by atoms with E-state index < -0.39 is 24.0 Å². The normalized spacial score (nSPS) is 23.4. The van der Waals surface area contributed by atoms with Gasteiger partial charge in [-0.3, -0.25) is 9.59 Å². The van der Waals surface area contributed by atoms with Crippen LogP contribution in [-0.2, 0) is 30.3 Å². The molecule has 47 heavy (non-hydrogen) atoms. The second-order valence-electron chi connectivity index (χ2n) is 13.1. The zero-order valence-electron chi connectivity index (χ0n) is 28.0. The third kappa shape index (κ3) is 7.99. The number of likely N-dealkylation sites (tertiary alicyclic amines) is 1. The summed E-state index contributed by atoms with van der Waals surface area (Å²) in [4.78, 5) is 47.4. The molecule has 0 radical (unpaired) electrons. The SMILES string of the molecule is C=CCC[C@@H]1CCC[C@H]1OC(=O)C[C@H](C(=O)N1C[C@H](Oc2nc3ccccc3c(OCC)c2CC=C)C[C@H]1C(=O)OC)C1CCCC1. The molecule has 1 aliphatic heterocycles. The fourth-order valence-electron chi connectivity index (χ4n) is 7.82. The van der Waals surface area contributed by atoms with Gasteiger partial charge in [-0.05, 0) is 82.3 Å². The van der Waals surface area contributed by atoms with Gasteiger partial charge in [-0.1, -0.05) is 37.1 Å². The van der Waals surface area contributed by atoms with Crippen LogP contribution in [0.3, 0.4) is 0 Å². The highest BCUT2D eigenvalue weighted by Gasteiger charge is 2.46. The van der Waals surface area contributed by atoms with E-state index in [9.17, 15) is 14.4 Å². The van der Waals surface area contributed by atoms with Gasteiger partial charge in [-0.15, -0.1) is 13.2 Å². The standard InChI is InChI=1S/C38H50N2O7/c1-5-8-15-26-18-13-21-33(26)47-34(41)23-30(25-16-9-10-17-25)37(42)40-24-27(22-32(40)38(43)44-4)46-36-29(14-6-2)35(45-7-3)28-19-11-12-20-31(28)39-36/h5-6,11-12,19-20,25-27,30,32-33H,1-2,7-10,13-18,21-24H2,3-4H3/t26-,27-,30+,32+,33-/m1/s1. The van der Waals surface area contributed by atoms with Crippen LogP contribution < -0.4 is 9.47 Å².